The molecule has 3 amide bonds. The molecule has 2 aromatic rings. The van der Waals surface area contributed by atoms with Gasteiger partial charge in [0.25, 0.3) is 5.91 Å². The van der Waals surface area contributed by atoms with E-state index in [4.69, 9.17) is 4.74 Å². The van der Waals surface area contributed by atoms with E-state index in [0.717, 1.165) is 49.3 Å². The Morgan fingerprint density at radius 1 is 1.13 bits per heavy atom. The van der Waals surface area contributed by atoms with Gasteiger partial charge < -0.3 is 20.7 Å². The van der Waals surface area contributed by atoms with Crippen molar-refractivity contribution in [2.75, 3.05) is 6.54 Å². The van der Waals surface area contributed by atoms with Gasteiger partial charge in [-0.05, 0) is 31.4 Å². The minimum absolute atomic E-state index is 0.0659. The highest BCUT2D eigenvalue weighted by atomic mass is 32.1. The van der Waals surface area contributed by atoms with E-state index in [1.54, 1.807) is 5.38 Å². The number of unbranched alkanes of at least 4 members (excludes halogenated alkanes) is 1. The van der Waals surface area contributed by atoms with E-state index in [-0.39, 0.29) is 24.0 Å². The maximum atomic E-state index is 12.7. The Morgan fingerprint density at radius 3 is 2.60 bits per heavy atom. The van der Waals surface area contributed by atoms with E-state index in [1.807, 2.05) is 30.3 Å². The number of nitrogens with one attached hydrogen (secondary N) is 3. The molecule has 7 nitrogen and oxygen atoms in total. The van der Waals surface area contributed by atoms with E-state index >= 15 is 0 Å². The molecule has 3 N–H and O–H groups in total. The lowest BCUT2D eigenvalue weighted by atomic mass is 9.90. The second kappa shape index (κ2) is 11.5. The number of amides is 3. The Bertz CT molecular complexity index is 812. The van der Waals surface area contributed by atoms with Crippen molar-refractivity contribution in [2.24, 2.45) is 0 Å². The van der Waals surface area contributed by atoms with E-state index in [9.17, 15) is 9.59 Å². The Morgan fingerprint density at radius 2 is 1.87 bits per heavy atom. The van der Waals surface area contributed by atoms with Crippen molar-refractivity contribution in [3.8, 4) is 5.75 Å². The van der Waals surface area contributed by atoms with Crippen LogP contribution in [0.3, 0.4) is 0 Å². The van der Waals surface area contributed by atoms with Crippen LogP contribution in [0.5, 0.6) is 5.75 Å². The number of rotatable bonds is 9. The van der Waals surface area contributed by atoms with Crippen LogP contribution in [0.2, 0.25) is 0 Å². The summed E-state index contributed by atoms with van der Waals surface area (Å²) in [5, 5.41) is 11.5. The Kier molecular flexibility index (Phi) is 8.50. The molecule has 1 heterocycles. The van der Waals surface area contributed by atoms with Gasteiger partial charge in [-0.1, -0.05) is 44.4 Å². The number of ether oxygens (including phenoxy) is 1. The van der Waals surface area contributed by atoms with Crippen LogP contribution in [0.4, 0.5) is 4.79 Å². The highest BCUT2D eigenvalue weighted by Crippen LogP contribution is 2.20. The molecule has 1 fully saturated rings. The number of para-hydroxylation sites is 1. The highest BCUT2D eigenvalue weighted by Gasteiger charge is 2.28. The molecule has 1 aliphatic rings. The molecule has 1 saturated carbocycles. The highest BCUT2D eigenvalue weighted by molar-refractivity contribution is 7.09. The number of hydrogen-bond donors (Lipinski definition) is 3. The van der Waals surface area contributed by atoms with E-state index in [2.05, 4.69) is 27.9 Å². The zero-order valence-electron chi connectivity index (χ0n) is 17.4. The maximum absolute atomic E-state index is 12.7. The van der Waals surface area contributed by atoms with Crippen molar-refractivity contribution in [3.63, 3.8) is 0 Å². The van der Waals surface area contributed by atoms with Crippen LogP contribution in [0, 0.1) is 0 Å². The van der Waals surface area contributed by atoms with Crippen LogP contribution >= 0.6 is 11.3 Å². The monoisotopic (exact) mass is 430 g/mol. The molecule has 0 spiro atoms. The summed E-state index contributed by atoms with van der Waals surface area (Å²) in [7, 11) is 0. The van der Waals surface area contributed by atoms with Crippen molar-refractivity contribution < 1.29 is 14.3 Å². The first kappa shape index (κ1) is 22.1. The number of carbonyl (C=O) groups is 2. The molecule has 8 heteroatoms. The first-order valence-electron chi connectivity index (χ1n) is 10.6. The van der Waals surface area contributed by atoms with Crippen LogP contribution in [-0.2, 0) is 6.61 Å². The van der Waals surface area contributed by atoms with Gasteiger partial charge in [-0.3, -0.25) is 4.79 Å². The molecule has 0 aliphatic heterocycles. The number of hydrogen-bond acceptors (Lipinski definition) is 5. The minimum Gasteiger partial charge on any atom is -0.486 e. The fraction of sp³-hybridized carbons (Fsp3) is 0.500. The summed E-state index contributed by atoms with van der Waals surface area (Å²) in [6.45, 7) is 3.08. The standard InChI is InChI=1S/C22H30N4O3S/c1-2-3-13-23-22(28)26-18-12-8-7-11-17(18)25-21(27)19-15-30-20(24-19)14-29-16-9-5-4-6-10-16/h4-6,9-10,15,17-18H,2-3,7-8,11-14H2,1H3,(H,25,27)(H2,23,26,28). The Balaban J connectivity index is 1.50. The third-order valence-electron chi connectivity index (χ3n) is 5.10. The summed E-state index contributed by atoms with van der Waals surface area (Å²) in [5.41, 5.74) is 0.392. The lowest BCUT2D eigenvalue weighted by Gasteiger charge is -2.32. The number of aromatic nitrogens is 1. The third-order valence-corrected chi connectivity index (χ3v) is 5.93. The number of nitrogens with zero attached hydrogens (tertiary/aromatic N) is 1. The first-order valence-corrected chi connectivity index (χ1v) is 11.5. The molecule has 3 rings (SSSR count). The topological polar surface area (TPSA) is 92.4 Å². The molecule has 0 radical (unpaired) electrons. The fourth-order valence-corrected chi connectivity index (χ4v) is 4.15. The largest absolute Gasteiger partial charge is 0.486 e. The normalized spacial score (nSPS) is 18.4. The van der Waals surface area contributed by atoms with Gasteiger partial charge in [0.15, 0.2) is 0 Å². The molecule has 0 bridgehead atoms. The van der Waals surface area contributed by atoms with E-state index < -0.39 is 0 Å². The van der Waals surface area contributed by atoms with Crippen molar-refractivity contribution in [1.29, 1.82) is 0 Å². The van der Waals surface area contributed by atoms with Gasteiger partial charge in [0, 0.05) is 18.0 Å². The Hall–Kier alpha value is -2.61. The quantitative estimate of drug-likeness (QED) is 0.527. The molecular formula is C22H30N4O3S. The molecule has 2 unspecified atom stereocenters. The van der Waals surface area contributed by atoms with Crippen molar-refractivity contribution in [3.05, 3.63) is 46.4 Å². The second-order valence-electron chi connectivity index (χ2n) is 7.45. The van der Waals surface area contributed by atoms with Crippen LogP contribution in [0.1, 0.15) is 60.9 Å². The molecule has 0 saturated heterocycles. The lowest BCUT2D eigenvalue weighted by Crippen LogP contribution is -2.55. The summed E-state index contributed by atoms with van der Waals surface area (Å²) in [6, 6.07) is 9.21. The average Bonchev–Trinajstić information content (AvgIpc) is 3.24. The molecule has 162 valence electrons. The Labute approximate surface area is 181 Å². The zero-order valence-corrected chi connectivity index (χ0v) is 18.2. The SMILES string of the molecule is CCCCNC(=O)NC1CCCCC1NC(=O)c1csc(COc2ccccc2)n1. The molecule has 1 aliphatic carbocycles. The molecule has 1 aromatic heterocycles. The summed E-state index contributed by atoms with van der Waals surface area (Å²) in [4.78, 5) is 29.2. The van der Waals surface area contributed by atoms with Crippen LogP contribution in [0.15, 0.2) is 35.7 Å². The van der Waals surface area contributed by atoms with Crippen molar-refractivity contribution >= 4 is 23.3 Å². The smallest absolute Gasteiger partial charge is 0.315 e. The number of benzene rings is 1. The van der Waals surface area contributed by atoms with E-state index in [0.29, 0.717) is 18.8 Å². The molecule has 30 heavy (non-hydrogen) atoms. The lowest BCUT2D eigenvalue weighted by molar-refractivity contribution is 0.0911. The van der Waals surface area contributed by atoms with Crippen LogP contribution < -0.4 is 20.7 Å². The average molecular weight is 431 g/mol. The molecule has 1 aromatic carbocycles. The van der Waals surface area contributed by atoms with Gasteiger partial charge >= 0.3 is 6.03 Å². The van der Waals surface area contributed by atoms with Gasteiger partial charge in [0.05, 0.1) is 6.04 Å². The van der Waals surface area contributed by atoms with E-state index in [1.165, 1.54) is 11.3 Å². The molecule has 2 atom stereocenters. The van der Waals surface area contributed by atoms with Gasteiger partial charge in [0.1, 0.15) is 23.1 Å². The summed E-state index contributed by atoms with van der Waals surface area (Å²) in [6.07, 6.45) is 5.78. The fourth-order valence-electron chi connectivity index (χ4n) is 3.46. The number of thiazole rings is 1. The predicted octanol–water partition coefficient (Wildman–Crippen LogP) is 3.86. The van der Waals surface area contributed by atoms with Crippen molar-refractivity contribution in [2.45, 2.75) is 64.1 Å². The number of carbonyl (C=O) groups excluding carboxylic acids is 2. The first-order chi connectivity index (χ1) is 14.7. The summed E-state index contributed by atoms with van der Waals surface area (Å²) in [5.74, 6) is 0.564. The second-order valence-corrected chi connectivity index (χ2v) is 8.40. The minimum atomic E-state index is -0.206. The maximum Gasteiger partial charge on any atom is 0.315 e. The molecular weight excluding hydrogens is 400 g/mol. The number of urea groups is 1. The van der Waals surface area contributed by atoms with Gasteiger partial charge in [-0.15, -0.1) is 11.3 Å². The third kappa shape index (κ3) is 6.73. The predicted molar refractivity (Wildman–Crippen MR) is 118 cm³/mol. The van der Waals surface area contributed by atoms with Crippen LogP contribution in [0.25, 0.3) is 0 Å². The van der Waals surface area contributed by atoms with Gasteiger partial charge in [-0.25, -0.2) is 9.78 Å². The van der Waals surface area contributed by atoms with Gasteiger partial charge in [-0.2, -0.15) is 0 Å². The summed E-state index contributed by atoms with van der Waals surface area (Å²) < 4.78 is 5.70. The summed E-state index contributed by atoms with van der Waals surface area (Å²) >= 11 is 1.41. The van der Waals surface area contributed by atoms with Gasteiger partial charge in [0.2, 0.25) is 0 Å². The van der Waals surface area contributed by atoms with Crippen molar-refractivity contribution in [1.82, 2.24) is 20.9 Å². The zero-order chi connectivity index (χ0) is 21.2. The van der Waals surface area contributed by atoms with Crippen LogP contribution in [-0.4, -0.2) is 35.6 Å².